The summed E-state index contributed by atoms with van der Waals surface area (Å²) in [5.41, 5.74) is 0. The van der Waals surface area contributed by atoms with E-state index in [0.717, 1.165) is 0 Å². The summed E-state index contributed by atoms with van der Waals surface area (Å²) >= 11 is 0. The fourth-order valence-corrected chi connectivity index (χ4v) is 1.74. The lowest BCUT2D eigenvalue weighted by Gasteiger charge is -2.00. The molecule has 0 bridgehead atoms. The Kier molecular flexibility index (Phi) is 2.34. The van der Waals surface area contributed by atoms with E-state index in [0.29, 0.717) is 6.41 Å². The second-order valence-corrected chi connectivity index (χ2v) is 3.79. The Labute approximate surface area is 74.6 Å². The zero-order chi connectivity index (χ0) is 10.1. The molecule has 3 N–H and O–H groups in total. The van der Waals surface area contributed by atoms with E-state index < -0.39 is 10.0 Å². The summed E-state index contributed by atoms with van der Waals surface area (Å²) in [5, 5.41) is 6.80. The Morgan fingerprint density at radius 3 is 2.77 bits per heavy atom. The van der Waals surface area contributed by atoms with Gasteiger partial charge in [-0.2, -0.15) is 0 Å². The lowest BCUT2D eigenvalue weighted by Crippen LogP contribution is -2.17. The van der Waals surface area contributed by atoms with Crippen LogP contribution in [0, 0.1) is 0 Å². The van der Waals surface area contributed by atoms with Crippen LogP contribution in [0.5, 0.6) is 0 Å². The first-order valence-electron chi connectivity index (χ1n) is 3.21. The maximum Gasteiger partial charge on any atom is 0.257 e. The second kappa shape index (κ2) is 3.15. The molecule has 0 saturated carbocycles. The van der Waals surface area contributed by atoms with Gasteiger partial charge in [-0.05, 0) is 0 Å². The van der Waals surface area contributed by atoms with Crippen molar-refractivity contribution in [2.45, 2.75) is 5.03 Å². The van der Waals surface area contributed by atoms with E-state index in [4.69, 9.17) is 5.14 Å². The average Bonchev–Trinajstić information content (AvgIpc) is 2.31. The first kappa shape index (κ1) is 9.68. The van der Waals surface area contributed by atoms with Crippen LogP contribution >= 0.6 is 0 Å². The number of amides is 1. The highest BCUT2D eigenvalue weighted by molar-refractivity contribution is 7.89. The van der Waals surface area contributed by atoms with E-state index in [-0.39, 0.29) is 10.8 Å². The minimum atomic E-state index is -3.86. The number of aryl methyl sites for hydroxylation is 1. The van der Waals surface area contributed by atoms with E-state index >= 15 is 0 Å². The third-order valence-corrected chi connectivity index (χ3v) is 2.37. The van der Waals surface area contributed by atoms with Crippen LogP contribution in [0.1, 0.15) is 0 Å². The highest BCUT2D eigenvalue weighted by Gasteiger charge is 2.19. The first-order valence-corrected chi connectivity index (χ1v) is 4.75. The highest BCUT2D eigenvalue weighted by Crippen LogP contribution is 2.15. The molecule has 1 heterocycles. The van der Waals surface area contributed by atoms with Gasteiger partial charge in [-0.1, -0.05) is 0 Å². The van der Waals surface area contributed by atoms with Crippen molar-refractivity contribution in [2.75, 3.05) is 5.32 Å². The first-order chi connectivity index (χ1) is 5.96. The molecular formula is C5H8N4O3S. The van der Waals surface area contributed by atoms with E-state index in [1.54, 1.807) is 0 Å². The van der Waals surface area contributed by atoms with Gasteiger partial charge in [-0.15, -0.1) is 0 Å². The van der Waals surface area contributed by atoms with Gasteiger partial charge >= 0.3 is 0 Å². The minimum Gasteiger partial charge on any atom is -0.322 e. The van der Waals surface area contributed by atoms with Gasteiger partial charge in [0.05, 0.1) is 6.33 Å². The summed E-state index contributed by atoms with van der Waals surface area (Å²) in [6, 6.07) is 0. The number of nitrogens with one attached hydrogen (secondary N) is 1. The van der Waals surface area contributed by atoms with Crippen LogP contribution in [0.3, 0.4) is 0 Å². The number of rotatable bonds is 3. The summed E-state index contributed by atoms with van der Waals surface area (Å²) in [5.74, 6) is -0.0694. The number of hydrogen-bond acceptors (Lipinski definition) is 4. The van der Waals surface area contributed by atoms with Gasteiger partial charge in [0.2, 0.25) is 6.41 Å². The Morgan fingerprint density at radius 2 is 2.31 bits per heavy atom. The number of hydrogen-bond donors (Lipinski definition) is 2. The van der Waals surface area contributed by atoms with Crippen molar-refractivity contribution in [2.24, 2.45) is 12.2 Å². The van der Waals surface area contributed by atoms with Gasteiger partial charge in [0, 0.05) is 7.05 Å². The fourth-order valence-electron chi connectivity index (χ4n) is 0.909. The Bertz CT molecular complexity index is 421. The molecule has 0 aliphatic carbocycles. The number of primary sulfonamides is 1. The molecule has 7 nitrogen and oxygen atoms in total. The van der Waals surface area contributed by atoms with E-state index in [1.165, 1.54) is 17.9 Å². The number of sulfonamides is 1. The molecule has 0 radical (unpaired) electrons. The third-order valence-electron chi connectivity index (χ3n) is 1.35. The predicted molar refractivity (Wildman–Crippen MR) is 44.3 cm³/mol. The third kappa shape index (κ3) is 1.84. The molecule has 0 aliphatic heterocycles. The summed E-state index contributed by atoms with van der Waals surface area (Å²) in [6.07, 6.45) is 1.57. The molecule has 0 aromatic carbocycles. The topological polar surface area (TPSA) is 107 Å². The SMILES string of the molecule is Cn1cnc(NC=O)c1S(N)(=O)=O. The van der Waals surface area contributed by atoms with Crippen LogP contribution < -0.4 is 10.5 Å². The molecule has 0 unspecified atom stereocenters. The van der Waals surface area contributed by atoms with Crippen molar-refractivity contribution < 1.29 is 13.2 Å². The molecule has 1 aromatic heterocycles. The number of nitrogens with two attached hydrogens (primary N) is 1. The molecular weight excluding hydrogens is 196 g/mol. The van der Waals surface area contributed by atoms with Gasteiger partial charge in [0.1, 0.15) is 0 Å². The van der Waals surface area contributed by atoms with Crippen molar-refractivity contribution in [1.82, 2.24) is 9.55 Å². The number of imidazole rings is 1. The van der Waals surface area contributed by atoms with Crippen LogP contribution in [0.4, 0.5) is 5.82 Å². The molecule has 13 heavy (non-hydrogen) atoms. The summed E-state index contributed by atoms with van der Waals surface area (Å²) < 4.78 is 23.2. The predicted octanol–water partition coefficient (Wildman–Crippen LogP) is -1.36. The zero-order valence-corrected chi connectivity index (χ0v) is 7.58. The molecule has 0 spiro atoms. The quantitative estimate of drug-likeness (QED) is 0.592. The van der Waals surface area contributed by atoms with Gasteiger partial charge in [0.25, 0.3) is 10.0 Å². The van der Waals surface area contributed by atoms with Gasteiger partial charge < -0.3 is 9.88 Å². The Balaban J connectivity index is 3.32. The molecule has 0 saturated heterocycles. The molecule has 1 aromatic rings. The van der Waals surface area contributed by atoms with Crippen LogP contribution in [0.15, 0.2) is 11.4 Å². The van der Waals surface area contributed by atoms with Crippen LogP contribution in [-0.4, -0.2) is 24.4 Å². The van der Waals surface area contributed by atoms with Gasteiger partial charge in [-0.3, -0.25) is 4.79 Å². The monoisotopic (exact) mass is 204 g/mol. The number of anilines is 1. The summed E-state index contributed by atoms with van der Waals surface area (Å²) in [7, 11) is -2.40. The molecule has 1 rings (SSSR count). The molecule has 0 aliphatic rings. The maximum absolute atomic E-state index is 11.0. The van der Waals surface area contributed by atoms with E-state index in [2.05, 4.69) is 10.3 Å². The van der Waals surface area contributed by atoms with Crippen LogP contribution in [-0.2, 0) is 21.9 Å². The maximum atomic E-state index is 11.0. The fraction of sp³-hybridized carbons (Fsp3) is 0.200. The second-order valence-electron chi connectivity index (χ2n) is 2.32. The Hall–Kier alpha value is -1.41. The zero-order valence-electron chi connectivity index (χ0n) is 6.76. The molecule has 72 valence electrons. The van der Waals surface area contributed by atoms with Crippen molar-refractivity contribution in [1.29, 1.82) is 0 Å². The van der Waals surface area contributed by atoms with E-state index in [9.17, 15) is 13.2 Å². The standard InChI is InChI=1S/C5H8N4O3S/c1-9-2-7-4(8-3-10)5(9)13(6,11)12/h2-3H,1H3,(H,8,10)(H2,6,11,12). The number of aromatic nitrogens is 2. The highest BCUT2D eigenvalue weighted by atomic mass is 32.2. The van der Waals surface area contributed by atoms with Crippen LogP contribution in [0.2, 0.25) is 0 Å². The normalized spacial score (nSPS) is 11.2. The number of carbonyl (C=O) groups excluding carboxylic acids is 1. The minimum absolute atomic E-state index is 0.0694. The van der Waals surface area contributed by atoms with Gasteiger partial charge in [-0.25, -0.2) is 18.5 Å². The van der Waals surface area contributed by atoms with Crippen molar-refractivity contribution in [3.05, 3.63) is 6.33 Å². The summed E-state index contributed by atoms with van der Waals surface area (Å²) in [4.78, 5) is 13.7. The smallest absolute Gasteiger partial charge is 0.257 e. The van der Waals surface area contributed by atoms with Crippen LogP contribution in [0.25, 0.3) is 0 Å². The van der Waals surface area contributed by atoms with E-state index in [1.807, 2.05) is 0 Å². The number of nitrogens with zero attached hydrogens (tertiary/aromatic N) is 2. The number of carbonyl (C=O) groups is 1. The lowest BCUT2D eigenvalue weighted by molar-refractivity contribution is -0.105. The Morgan fingerprint density at radius 1 is 1.69 bits per heavy atom. The van der Waals surface area contributed by atoms with Crippen molar-refractivity contribution in [3.8, 4) is 0 Å². The average molecular weight is 204 g/mol. The largest absolute Gasteiger partial charge is 0.322 e. The summed E-state index contributed by atoms with van der Waals surface area (Å²) in [6.45, 7) is 0. The van der Waals surface area contributed by atoms with Crippen molar-refractivity contribution in [3.63, 3.8) is 0 Å². The molecule has 0 atom stereocenters. The molecule has 8 heteroatoms. The molecule has 0 fully saturated rings. The lowest BCUT2D eigenvalue weighted by atomic mass is 10.7. The van der Waals surface area contributed by atoms with Crippen molar-refractivity contribution >= 4 is 22.3 Å². The molecule has 1 amide bonds. The van der Waals surface area contributed by atoms with Gasteiger partial charge in [0.15, 0.2) is 10.8 Å².